The zero-order valence-corrected chi connectivity index (χ0v) is 19.8. The number of fused-ring (bicyclic) bond motifs is 1. The maximum absolute atomic E-state index is 15.2. The summed E-state index contributed by atoms with van der Waals surface area (Å²) in [5.74, 6) is -0.448. The highest BCUT2D eigenvalue weighted by atomic mass is 19.3. The first kappa shape index (κ1) is 23.8. The molecule has 1 aliphatic heterocycles. The zero-order chi connectivity index (χ0) is 24.5. The Bertz CT molecular complexity index is 1270. The molecule has 0 spiro atoms. The van der Waals surface area contributed by atoms with E-state index in [9.17, 15) is 13.6 Å². The van der Waals surface area contributed by atoms with Gasteiger partial charge in [-0.3, -0.25) is 14.7 Å². The van der Waals surface area contributed by atoms with Gasteiger partial charge in [0.25, 0.3) is 6.43 Å². The van der Waals surface area contributed by atoms with Crippen LogP contribution in [0.2, 0.25) is 0 Å². The molecule has 5 rings (SSSR count). The van der Waals surface area contributed by atoms with Crippen LogP contribution < -0.4 is 15.6 Å². The summed E-state index contributed by atoms with van der Waals surface area (Å²) in [7, 11) is 0. The number of hydrogen-bond acceptors (Lipinski definition) is 5. The topological polar surface area (TPSA) is 53.4 Å². The number of piperazine rings is 1. The van der Waals surface area contributed by atoms with Gasteiger partial charge in [-0.1, -0.05) is 0 Å². The number of anilines is 1. The standard InChI is InChI=1S/C26H30F3N5O/c1-17-10-18(4-5-31-17)13-30-14-19-15-34(20-2-3-20)23-12-24(22(27)11-21(23)26(19)35)33-8-6-32(7-9-33)16-25(28)29/h4-5,10-12,15,20,25,30H,2-3,6-9,13-14,16H2,1H3. The molecule has 9 heteroatoms. The minimum atomic E-state index is -2.37. The summed E-state index contributed by atoms with van der Waals surface area (Å²) in [6.45, 7) is 4.53. The lowest BCUT2D eigenvalue weighted by molar-refractivity contribution is 0.0853. The molecule has 0 atom stereocenters. The molecule has 1 saturated carbocycles. The Kier molecular flexibility index (Phi) is 6.80. The van der Waals surface area contributed by atoms with Crippen LogP contribution in [0.4, 0.5) is 18.9 Å². The molecule has 3 heterocycles. The Morgan fingerprint density at radius 1 is 1.11 bits per heavy atom. The van der Waals surface area contributed by atoms with Gasteiger partial charge in [0.05, 0.1) is 17.7 Å². The number of pyridine rings is 2. The van der Waals surface area contributed by atoms with Gasteiger partial charge < -0.3 is 14.8 Å². The van der Waals surface area contributed by atoms with Gasteiger partial charge >= 0.3 is 0 Å². The summed E-state index contributed by atoms with van der Waals surface area (Å²) in [6, 6.07) is 7.37. The van der Waals surface area contributed by atoms with E-state index in [0.29, 0.717) is 61.9 Å². The van der Waals surface area contributed by atoms with Crippen LogP contribution in [0.25, 0.3) is 10.9 Å². The van der Waals surface area contributed by atoms with Crippen LogP contribution in [0.1, 0.15) is 35.7 Å². The maximum atomic E-state index is 15.2. The average Bonchev–Trinajstić information content (AvgIpc) is 3.66. The summed E-state index contributed by atoms with van der Waals surface area (Å²) in [5, 5.41) is 3.71. The van der Waals surface area contributed by atoms with E-state index < -0.39 is 12.2 Å². The van der Waals surface area contributed by atoms with E-state index >= 15 is 4.39 Å². The third-order valence-electron chi connectivity index (χ3n) is 6.83. The van der Waals surface area contributed by atoms with Gasteiger partial charge in [-0.05, 0) is 49.6 Å². The molecule has 2 fully saturated rings. The lowest BCUT2D eigenvalue weighted by Gasteiger charge is -2.36. The van der Waals surface area contributed by atoms with E-state index in [1.165, 1.54) is 6.07 Å². The van der Waals surface area contributed by atoms with Crippen molar-refractivity contribution >= 4 is 16.6 Å². The highest BCUT2D eigenvalue weighted by molar-refractivity contribution is 5.84. The van der Waals surface area contributed by atoms with Gasteiger partial charge in [0.1, 0.15) is 5.82 Å². The smallest absolute Gasteiger partial charge is 0.251 e. The second kappa shape index (κ2) is 9.99. The van der Waals surface area contributed by atoms with E-state index in [1.54, 1.807) is 17.2 Å². The van der Waals surface area contributed by atoms with Gasteiger partial charge in [-0.25, -0.2) is 13.2 Å². The highest BCUT2D eigenvalue weighted by Gasteiger charge is 2.27. The normalized spacial score (nSPS) is 17.0. The lowest BCUT2D eigenvalue weighted by Crippen LogP contribution is -2.48. The van der Waals surface area contributed by atoms with Crippen LogP contribution in [0.15, 0.2) is 41.5 Å². The van der Waals surface area contributed by atoms with E-state index in [-0.39, 0.29) is 12.0 Å². The molecule has 186 valence electrons. The first-order chi connectivity index (χ1) is 16.9. The highest BCUT2D eigenvalue weighted by Crippen LogP contribution is 2.38. The fourth-order valence-electron chi connectivity index (χ4n) is 4.86. The van der Waals surface area contributed by atoms with Crippen LogP contribution in [0, 0.1) is 12.7 Å². The Hall–Kier alpha value is -2.91. The van der Waals surface area contributed by atoms with E-state index in [0.717, 1.165) is 29.6 Å². The zero-order valence-electron chi connectivity index (χ0n) is 19.8. The fourth-order valence-corrected chi connectivity index (χ4v) is 4.86. The van der Waals surface area contributed by atoms with Crippen LogP contribution >= 0.6 is 0 Å². The maximum Gasteiger partial charge on any atom is 0.251 e. The first-order valence-electron chi connectivity index (χ1n) is 12.1. The number of nitrogens with one attached hydrogen (secondary N) is 1. The monoisotopic (exact) mass is 485 g/mol. The molecule has 2 aliphatic rings. The van der Waals surface area contributed by atoms with Crippen molar-refractivity contribution < 1.29 is 13.2 Å². The number of aromatic nitrogens is 2. The molecule has 1 aliphatic carbocycles. The molecule has 1 aromatic carbocycles. The second-order valence-corrected chi connectivity index (χ2v) is 9.53. The molecule has 0 bridgehead atoms. The van der Waals surface area contributed by atoms with Crippen molar-refractivity contribution in [2.75, 3.05) is 37.6 Å². The lowest BCUT2D eigenvalue weighted by atomic mass is 10.1. The number of alkyl halides is 2. The van der Waals surface area contributed by atoms with Gasteiger partial charge in [-0.15, -0.1) is 0 Å². The predicted molar refractivity (Wildman–Crippen MR) is 131 cm³/mol. The molecule has 0 radical (unpaired) electrons. The van der Waals surface area contributed by atoms with Gasteiger partial charge in [0.15, 0.2) is 5.43 Å². The van der Waals surface area contributed by atoms with E-state index in [2.05, 4.69) is 14.9 Å². The third-order valence-corrected chi connectivity index (χ3v) is 6.83. The predicted octanol–water partition coefficient (Wildman–Crippen LogP) is 3.86. The summed E-state index contributed by atoms with van der Waals surface area (Å²) >= 11 is 0. The van der Waals surface area contributed by atoms with Gasteiger partial charge in [0.2, 0.25) is 0 Å². The Labute approximate surface area is 202 Å². The molecule has 1 N–H and O–H groups in total. The Balaban J connectivity index is 1.39. The van der Waals surface area contributed by atoms with Crippen molar-refractivity contribution in [3.8, 4) is 0 Å². The van der Waals surface area contributed by atoms with E-state index in [1.807, 2.05) is 30.2 Å². The number of hydrogen-bond donors (Lipinski definition) is 1. The number of benzene rings is 1. The Morgan fingerprint density at radius 2 is 1.89 bits per heavy atom. The molecule has 0 unspecified atom stereocenters. The third kappa shape index (κ3) is 5.36. The fraction of sp³-hybridized carbons (Fsp3) is 0.462. The summed E-state index contributed by atoms with van der Waals surface area (Å²) in [4.78, 5) is 21.1. The van der Waals surface area contributed by atoms with Crippen molar-refractivity contribution in [2.24, 2.45) is 0 Å². The quantitative estimate of drug-likeness (QED) is 0.525. The van der Waals surface area contributed by atoms with Crippen molar-refractivity contribution in [1.29, 1.82) is 0 Å². The largest absolute Gasteiger partial charge is 0.367 e. The second-order valence-electron chi connectivity index (χ2n) is 9.53. The summed E-state index contributed by atoms with van der Waals surface area (Å²) in [6.07, 6.45) is 3.36. The van der Waals surface area contributed by atoms with Gasteiger partial charge in [-0.2, -0.15) is 0 Å². The van der Waals surface area contributed by atoms with Gasteiger partial charge in [0, 0.05) is 74.3 Å². The number of nitrogens with zero attached hydrogens (tertiary/aromatic N) is 4. The summed E-state index contributed by atoms with van der Waals surface area (Å²) in [5.41, 5.74) is 3.64. The van der Waals surface area contributed by atoms with Crippen molar-refractivity contribution in [2.45, 2.75) is 45.3 Å². The molecule has 1 saturated heterocycles. The number of halogens is 3. The van der Waals surface area contributed by atoms with E-state index in [4.69, 9.17) is 0 Å². The molecule has 35 heavy (non-hydrogen) atoms. The van der Waals surface area contributed by atoms with Crippen LogP contribution in [-0.4, -0.2) is 53.6 Å². The molecule has 6 nitrogen and oxygen atoms in total. The Morgan fingerprint density at radius 3 is 2.57 bits per heavy atom. The first-order valence-corrected chi connectivity index (χ1v) is 12.1. The molecular weight excluding hydrogens is 455 g/mol. The minimum absolute atomic E-state index is 0.164. The summed E-state index contributed by atoms with van der Waals surface area (Å²) < 4.78 is 42.7. The van der Waals surface area contributed by atoms with Crippen LogP contribution in [0.5, 0.6) is 0 Å². The molecular formula is C26H30F3N5O. The molecule has 2 aromatic heterocycles. The molecule has 0 amide bonds. The van der Waals surface area contributed by atoms with Crippen molar-refractivity contribution in [3.05, 3.63) is 69.5 Å². The van der Waals surface area contributed by atoms with Crippen molar-refractivity contribution in [1.82, 2.24) is 19.8 Å². The minimum Gasteiger partial charge on any atom is -0.367 e. The van der Waals surface area contributed by atoms with Crippen LogP contribution in [0.3, 0.4) is 0 Å². The number of rotatable bonds is 8. The van der Waals surface area contributed by atoms with Crippen LogP contribution in [-0.2, 0) is 13.1 Å². The molecule has 3 aromatic rings. The SMILES string of the molecule is Cc1cc(CNCc2cn(C3CC3)c3cc(N4CCN(CC(F)F)CC4)c(F)cc3c2=O)ccn1. The average molecular weight is 486 g/mol. The number of aryl methyl sites for hydroxylation is 1. The van der Waals surface area contributed by atoms with Crippen molar-refractivity contribution in [3.63, 3.8) is 0 Å².